The van der Waals surface area contributed by atoms with Crippen molar-refractivity contribution in [2.45, 2.75) is 33.1 Å². The number of nitrogens with zero attached hydrogens (tertiary/aromatic N) is 1. The van der Waals surface area contributed by atoms with Gasteiger partial charge in [0.2, 0.25) is 5.91 Å². The monoisotopic (exact) mass is 409 g/mol. The van der Waals surface area contributed by atoms with E-state index in [4.69, 9.17) is 4.98 Å². The Morgan fingerprint density at radius 3 is 2.42 bits per heavy atom. The molecule has 0 aliphatic rings. The number of imidazole rings is 1. The zero-order valence-electron chi connectivity index (χ0n) is 18.4. The third-order valence-corrected chi connectivity index (χ3v) is 5.26. The van der Waals surface area contributed by atoms with Crippen molar-refractivity contribution in [1.82, 2.24) is 9.97 Å². The molecule has 0 saturated heterocycles. The molecule has 4 aromatic rings. The van der Waals surface area contributed by atoms with Gasteiger partial charge < -0.3 is 10.3 Å². The minimum Gasteiger partial charge on any atom is -0.338 e. The quantitative estimate of drug-likeness (QED) is 0.396. The van der Waals surface area contributed by atoms with Crippen LogP contribution < -0.4 is 5.32 Å². The van der Waals surface area contributed by atoms with E-state index in [1.807, 2.05) is 48.5 Å². The molecule has 31 heavy (non-hydrogen) atoms. The number of hydrogen-bond donors (Lipinski definition) is 2. The summed E-state index contributed by atoms with van der Waals surface area (Å²) in [6.07, 6.45) is 4.06. The lowest BCUT2D eigenvalue weighted by Crippen LogP contribution is -2.10. The van der Waals surface area contributed by atoms with Gasteiger partial charge in [-0.15, -0.1) is 0 Å². The van der Waals surface area contributed by atoms with Crippen LogP contribution >= 0.6 is 0 Å². The molecule has 0 radical (unpaired) electrons. The lowest BCUT2D eigenvalue weighted by molar-refractivity contribution is -0.114. The number of para-hydroxylation sites is 1. The molecule has 0 aliphatic carbocycles. The fraction of sp³-hybridized carbons (Fsp3) is 0.185. The Morgan fingerprint density at radius 2 is 1.71 bits per heavy atom. The number of H-pyrrole nitrogens is 1. The van der Waals surface area contributed by atoms with Crippen LogP contribution in [0.15, 0.2) is 66.7 Å². The smallest absolute Gasteiger partial charge is 0.221 e. The molecule has 3 aromatic carbocycles. The molecule has 156 valence electrons. The number of carbonyl (C=O) groups excluding carboxylic acids is 1. The first-order valence-electron chi connectivity index (χ1n) is 10.4. The number of carbonyl (C=O) groups is 1. The maximum Gasteiger partial charge on any atom is 0.221 e. The molecule has 1 aromatic heterocycles. The first kappa shape index (κ1) is 20.6. The highest BCUT2D eigenvalue weighted by Crippen LogP contribution is 2.30. The molecule has 1 amide bonds. The third kappa shape index (κ3) is 4.75. The lowest BCUT2D eigenvalue weighted by Gasteiger charge is -2.18. The van der Waals surface area contributed by atoms with Gasteiger partial charge in [-0.05, 0) is 46.4 Å². The molecule has 4 nitrogen and oxygen atoms in total. The standard InChI is InChI=1S/C27H27N3O/c1-18(31)28-23-8-6-5-7-22(23)20-12-15-24-25(17-20)30-26(29-24)16-11-19-9-13-21(14-10-19)27(2,3)4/h5-17H,1-4H3,(H,28,31)(H,29,30). The minimum absolute atomic E-state index is 0.0868. The van der Waals surface area contributed by atoms with Crippen molar-refractivity contribution < 1.29 is 4.79 Å². The predicted octanol–water partition coefficient (Wildman–Crippen LogP) is 6.66. The van der Waals surface area contributed by atoms with E-state index in [0.29, 0.717) is 0 Å². The summed E-state index contributed by atoms with van der Waals surface area (Å²) in [5.74, 6) is 0.721. The fourth-order valence-corrected chi connectivity index (χ4v) is 3.57. The zero-order valence-corrected chi connectivity index (χ0v) is 18.4. The van der Waals surface area contributed by atoms with Crippen molar-refractivity contribution in [3.63, 3.8) is 0 Å². The van der Waals surface area contributed by atoms with Crippen LogP contribution in [0.25, 0.3) is 34.3 Å². The maximum absolute atomic E-state index is 11.5. The van der Waals surface area contributed by atoms with Crippen LogP contribution in [0, 0.1) is 0 Å². The SMILES string of the molecule is CC(=O)Nc1ccccc1-c1ccc2[nH]c(C=Cc3ccc(C(C)(C)C)cc3)nc2c1. The van der Waals surface area contributed by atoms with Crippen LogP contribution in [0.4, 0.5) is 5.69 Å². The largest absolute Gasteiger partial charge is 0.338 e. The number of amides is 1. The summed E-state index contributed by atoms with van der Waals surface area (Å²) < 4.78 is 0. The van der Waals surface area contributed by atoms with Crippen LogP contribution in [0.1, 0.15) is 44.6 Å². The van der Waals surface area contributed by atoms with Crippen LogP contribution in [0.2, 0.25) is 0 Å². The molecule has 4 heteroatoms. The topological polar surface area (TPSA) is 57.8 Å². The third-order valence-electron chi connectivity index (χ3n) is 5.26. The van der Waals surface area contributed by atoms with Crippen molar-refractivity contribution in [2.75, 3.05) is 5.32 Å². The highest BCUT2D eigenvalue weighted by Gasteiger charge is 2.12. The molecule has 0 saturated carbocycles. The van der Waals surface area contributed by atoms with Gasteiger partial charge in [0, 0.05) is 18.2 Å². The minimum atomic E-state index is -0.0868. The predicted molar refractivity (Wildman–Crippen MR) is 130 cm³/mol. The second-order valence-corrected chi connectivity index (χ2v) is 8.79. The van der Waals surface area contributed by atoms with Crippen LogP contribution in [0.3, 0.4) is 0 Å². The van der Waals surface area contributed by atoms with Crippen LogP contribution in [0.5, 0.6) is 0 Å². The Labute approximate surface area is 183 Å². The van der Waals surface area contributed by atoms with Crippen molar-refractivity contribution >= 4 is 34.8 Å². The Balaban J connectivity index is 1.60. The number of rotatable bonds is 4. The van der Waals surface area contributed by atoms with E-state index in [1.165, 1.54) is 12.5 Å². The summed E-state index contributed by atoms with van der Waals surface area (Å²) in [5, 5.41) is 2.90. The van der Waals surface area contributed by atoms with E-state index in [9.17, 15) is 4.79 Å². The highest BCUT2D eigenvalue weighted by atomic mass is 16.1. The van der Waals surface area contributed by atoms with Gasteiger partial charge >= 0.3 is 0 Å². The number of anilines is 1. The van der Waals surface area contributed by atoms with Crippen molar-refractivity contribution in [3.8, 4) is 11.1 Å². The molecule has 0 aliphatic heterocycles. The van der Waals surface area contributed by atoms with Crippen LogP contribution in [-0.4, -0.2) is 15.9 Å². The first-order valence-corrected chi connectivity index (χ1v) is 10.4. The van der Waals surface area contributed by atoms with Gasteiger partial charge in [-0.1, -0.05) is 75.4 Å². The van der Waals surface area contributed by atoms with Crippen molar-refractivity contribution in [2.24, 2.45) is 0 Å². The van der Waals surface area contributed by atoms with Gasteiger partial charge in [-0.3, -0.25) is 4.79 Å². The number of aromatic amines is 1. The number of aromatic nitrogens is 2. The molecule has 0 atom stereocenters. The summed E-state index contributed by atoms with van der Waals surface area (Å²) in [6.45, 7) is 8.17. The number of benzene rings is 3. The van der Waals surface area contributed by atoms with E-state index in [0.717, 1.165) is 39.2 Å². The van der Waals surface area contributed by atoms with Crippen molar-refractivity contribution in [1.29, 1.82) is 0 Å². The summed E-state index contributed by atoms with van der Waals surface area (Å²) in [7, 11) is 0. The second-order valence-electron chi connectivity index (χ2n) is 8.79. The summed E-state index contributed by atoms with van der Waals surface area (Å²) in [6, 6.07) is 22.5. The molecule has 2 N–H and O–H groups in total. The molecule has 0 fully saturated rings. The van der Waals surface area contributed by atoms with Gasteiger partial charge in [0.25, 0.3) is 0 Å². The van der Waals surface area contributed by atoms with E-state index >= 15 is 0 Å². The molecule has 0 unspecified atom stereocenters. The van der Waals surface area contributed by atoms with Crippen molar-refractivity contribution in [3.05, 3.63) is 83.7 Å². The molecular formula is C27H27N3O. The van der Waals surface area contributed by atoms with Gasteiger partial charge in [0.05, 0.1) is 11.0 Å². The Hall–Kier alpha value is -3.66. The highest BCUT2D eigenvalue weighted by molar-refractivity contribution is 5.95. The molecule has 0 bridgehead atoms. The first-order chi connectivity index (χ1) is 14.8. The average Bonchev–Trinajstić information content (AvgIpc) is 3.14. The van der Waals surface area contributed by atoms with Gasteiger partial charge in [-0.2, -0.15) is 0 Å². The average molecular weight is 410 g/mol. The zero-order chi connectivity index (χ0) is 22.0. The molecule has 0 spiro atoms. The van der Waals surface area contributed by atoms with E-state index in [2.05, 4.69) is 61.4 Å². The van der Waals surface area contributed by atoms with Gasteiger partial charge in [0.1, 0.15) is 5.82 Å². The summed E-state index contributed by atoms with van der Waals surface area (Å²) in [4.78, 5) is 19.6. The molecule has 1 heterocycles. The number of hydrogen-bond acceptors (Lipinski definition) is 2. The number of fused-ring (bicyclic) bond motifs is 1. The summed E-state index contributed by atoms with van der Waals surface area (Å²) >= 11 is 0. The second kappa shape index (κ2) is 8.23. The molecule has 4 rings (SSSR count). The lowest BCUT2D eigenvalue weighted by atomic mass is 9.87. The van der Waals surface area contributed by atoms with E-state index in [1.54, 1.807) is 0 Å². The Bertz CT molecular complexity index is 1260. The maximum atomic E-state index is 11.5. The molecular weight excluding hydrogens is 382 g/mol. The fourth-order valence-electron chi connectivity index (χ4n) is 3.57. The number of nitrogens with one attached hydrogen (secondary N) is 2. The van der Waals surface area contributed by atoms with Gasteiger partial charge in [0.15, 0.2) is 0 Å². The summed E-state index contributed by atoms with van der Waals surface area (Å²) in [5.41, 5.74) is 7.25. The normalized spacial score (nSPS) is 11.9. The van der Waals surface area contributed by atoms with E-state index in [-0.39, 0.29) is 11.3 Å². The van der Waals surface area contributed by atoms with Crippen LogP contribution in [-0.2, 0) is 10.2 Å². The van der Waals surface area contributed by atoms with Gasteiger partial charge in [-0.25, -0.2) is 4.98 Å². The Morgan fingerprint density at radius 1 is 0.968 bits per heavy atom. The Kier molecular flexibility index (Phi) is 5.47. The van der Waals surface area contributed by atoms with E-state index < -0.39 is 0 Å².